The third-order valence-corrected chi connectivity index (χ3v) is 4.29. The molecule has 0 bridgehead atoms. The fourth-order valence-corrected chi connectivity index (χ4v) is 2.74. The van der Waals surface area contributed by atoms with Crippen LogP contribution in [-0.2, 0) is 16.0 Å². The molecule has 1 aromatic heterocycles. The van der Waals surface area contributed by atoms with Crippen LogP contribution in [0.25, 0.3) is 10.8 Å². The number of nitrogens with zero attached hydrogens (tertiary/aromatic N) is 1. The summed E-state index contributed by atoms with van der Waals surface area (Å²) in [5.41, 5.74) is 0.196. The van der Waals surface area contributed by atoms with E-state index in [1.165, 1.54) is 0 Å². The zero-order valence-electron chi connectivity index (χ0n) is 14.3. The van der Waals surface area contributed by atoms with Crippen molar-refractivity contribution in [2.24, 2.45) is 5.92 Å². The number of H-pyrrole nitrogens is 1. The lowest BCUT2D eigenvalue weighted by atomic mass is 10.0. The van der Waals surface area contributed by atoms with Gasteiger partial charge in [-0.3, -0.25) is 14.4 Å². The van der Waals surface area contributed by atoms with Gasteiger partial charge in [0.2, 0.25) is 11.8 Å². The highest BCUT2D eigenvalue weighted by Crippen LogP contribution is 2.19. The second-order valence-electron chi connectivity index (χ2n) is 6.79. The Morgan fingerprint density at radius 3 is 2.56 bits per heavy atom. The van der Waals surface area contributed by atoms with Gasteiger partial charge in [-0.15, -0.1) is 0 Å². The van der Waals surface area contributed by atoms with E-state index in [1.54, 1.807) is 24.3 Å². The van der Waals surface area contributed by atoms with E-state index in [1.807, 2.05) is 13.8 Å². The second kappa shape index (κ2) is 7.04. The SMILES string of the molecule is CC(C)C(NC(=O)Cc1n[nH]c(=O)c2ccccc12)C(=O)NC1CC1. The number of fused-ring (bicyclic) bond motifs is 1. The molecule has 132 valence electrons. The molecule has 1 heterocycles. The Balaban J connectivity index is 1.74. The number of nitrogens with one attached hydrogen (secondary N) is 3. The molecule has 1 aliphatic rings. The van der Waals surface area contributed by atoms with Crippen molar-refractivity contribution in [2.75, 3.05) is 0 Å². The highest BCUT2D eigenvalue weighted by molar-refractivity contribution is 5.91. The quantitative estimate of drug-likeness (QED) is 0.725. The zero-order chi connectivity index (χ0) is 18.0. The number of carbonyl (C=O) groups excluding carboxylic acids is 2. The van der Waals surface area contributed by atoms with Crippen LogP contribution < -0.4 is 16.2 Å². The van der Waals surface area contributed by atoms with Crippen LogP contribution in [0.1, 0.15) is 32.4 Å². The molecule has 1 unspecified atom stereocenters. The van der Waals surface area contributed by atoms with Crippen LogP contribution in [0.4, 0.5) is 0 Å². The number of hydrogen-bond acceptors (Lipinski definition) is 4. The molecule has 7 nitrogen and oxygen atoms in total. The molecule has 1 saturated carbocycles. The number of aromatic amines is 1. The smallest absolute Gasteiger partial charge is 0.272 e. The van der Waals surface area contributed by atoms with Gasteiger partial charge in [-0.25, -0.2) is 5.10 Å². The molecule has 1 aliphatic carbocycles. The third kappa shape index (κ3) is 4.04. The second-order valence-corrected chi connectivity index (χ2v) is 6.79. The van der Waals surface area contributed by atoms with Crippen LogP contribution in [0.2, 0.25) is 0 Å². The summed E-state index contributed by atoms with van der Waals surface area (Å²) in [5, 5.41) is 13.3. The third-order valence-electron chi connectivity index (χ3n) is 4.29. The molecular formula is C18H22N4O3. The van der Waals surface area contributed by atoms with Crippen molar-refractivity contribution in [1.82, 2.24) is 20.8 Å². The Hall–Kier alpha value is -2.70. The molecule has 1 aromatic carbocycles. The monoisotopic (exact) mass is 342 g/mol. The van der Waals surface area contributed by atoms with Crippen molar-refractivity contribution in [3.63, 3.8) is 0 Å². The van der Waals surface area contributed by atoms with Gasteiger partial charge in [-0.1, -0.05) is 32.0 Å². The normalized spacial score (nSPS) is 15.2. The number of hydrogen-bond donors (Lipinski definition) is 3. The summed E-state index contributed by atoms with van der Waals surface area (Å²) in [7, 11) is 0. The van der Waals surface area contributed by atoms with Crippen molar-refractivity contribution >= 4 is 22.6 Å². The average molecular weight is 342 g/mol. The predicted octanol–water partition coefficient (Wildman–Crippen LogP) is 0.885. The first-order chi connectivity index (χ1) is 12.0. The molecule has 2 amide bonds. The maximum Gasteiger partial charge on any atom is 0.272 e. The van der Waals surface area contributed by atoms with Crippen molar-refractivity contribution in [3.05, 3.63) is 40.3 Å². The summed E-state index contributed by atoms with van der Waals surface area (Å²) in [5.74, 6) is -0.470. The van der Waals surface area contributed by atoms with Crippen molar-refractivity contribution in [1.29, 1.82) is 0 Å². The Bertz CT molecular complexity index is 855. The highest BCUT2D eigenvalue weighted by atomic mass is 16.2. The van der Waals surface area contributed by atoms with E-state index in [4.69, 9.17) is 0 Å². The van der Waals surface area contributed by atoms with Gasteiger partial charge < -0.3 is 10.6 Å². The molecule has 0 radical (unpaired) electrons. The Kier molecular flexibility index (Phi) is 4.83. The fraction of sp³-hybridized carbons (Fsp3) is 0.444. The minimum absolute atomic E-state index is 0.00276. The van der Waals surface area contributed by atoms with Gasteiger partial charge in [0, 0.05) is 11.4 Å². The van der Waals surface area contributed by atoms with Crippen LogP contribution in [0, 0.1) is 5.92 Å². The lowest BCUT2D eigenvalue weighted by molar-refractivity contribution is -0.129. The molecule has 3 N–H and O–H groups in total. The number of carbonyl (C=O) groups is 2. The van der Waals surface area contributed by atoms with Gasteiger partial charge in [-0.2, -0.15) is 5.10 Å². The van der Waals surface area contributed by atoms with E-state index in [2.05, 4.69) is 20.8 Å². The molecule has 0 aliphatic heterocycles. The number of amides is 2. The first kappa shape index (κ1) is 17.1. The Morgan fingerprint density at radius 1 is 1.24 bits per heavy atom. The largest absolute Gasteiger partial charge is 0.352 e. The van der Waals surface area contributed by atoms with Gasteiger partial charge in [0.15, 0.2) is 0 Å². The van der Waals surface area contributed by atoms with E-state index in [9.17, 15) is 14.4 Å². The molecule has 3 rings (SSSR count). The van der Waals surface area contributed by atoms with Crippen LogP contribution >= 0.6 is 0 Å². The van der Waals surface area contributed by atoms with Crippen LogP contribution in [0.5, 0.6) is 0 Å². The lowest BCUT2D eigenvalue weighted by Gasteiger charge is -2.21. The average Bonchev–Trinajstić information content (AvgIpc) is 3.39. The standard InChI is InChI=1S/C18H22N4O3/c1-10(2)16(18(25)19-11-7-8-11)20-15(23)9-14-12-5-3-4-6-13(12)17(24)22-21-14/h3-6,10-11,16H,7-9H2,1-2H3,(H,19,25)(H,20,23)(H,22,24). The summed E-state index contributed by atoms with van der Waals surface area (Å²) in [4.78, 5) is 36.5. The van der Waals surface area contributed by atoms with E-state index in [0.29, 0.717) is 16.5 Å². The van der Waals surface area contributed by atoms with Gasteiger partial charge >= 0.3 is 0 Å². The van der Waals surface area contributed by atoms with Gasteiger partial charge in [-0.05, 0) is 24.8 Å². The topological polar surface area (TPSA) is 104 Å². The van der Waals surface area contributed by atoms with Crippen LogP contribution in [-0.4, -0.2) is 34.1 Å². The van der Waals surface area contributed by atoms with Crippen LogP contribution in [0.3, 0.4) is 0 Å². The molecule has 1 fully saturated rings. The molecule has 0 saturated heterocycles. The molecule has 2 aromatic rings. The van der Waals surface area contributed by atoms with E-state index in [0.717, 1.165) is 12.8 Å². The highest BCUT2D eigenvalue weighted by Gasteiger charge is 2.30. The molecule has 1 atom stereocenters. The molecular weight excluding hydrogens is 320 g/mol. The van der Waals surface area contributed by atoms with E-state index >= 15 is 0 Å². The first-order valence-electron chi connectivity index (χ1n) is 8.51. The van der Waals surface area contributed by atoms with E-state index < -0.39 is 6.04 Å². The summed E-state index contributed by atoms with van der Waals surface area (Å²) in [6.07, 6.45) is 1.99. The first-order valence-corrected chi connectivity index (χ1v) is 8.51. The fourth-order valence-electron chi connectivity index (χ4n) is 2.74. The molecule has 0 spiro atoms. The summed E-state index contributed by atoms with van der Waals surface area (Å²) in [6, 6.07) is 6.68. The predicted molar refractivity (Wildman–Crippen MR) is 94.0 cm³/mol. The van der Waals surface area contributed by atoms with Gasteiger partial charge in [0.05, 0.1) is 17.5 Å². The minimum atomic E-state index is -0.581. The Labute approximate surface area is 145 Å². The van der Waals surface area contributed by atoms with Gasteiger partial charge in [0.25, 0.3) is 5.56 Å². The van der Waals surface area contributed by atoms with Crippen LogP contribution in [0.15, 0.2) is 29.1 Å². The lowest BCUT2D eigenvalue weighted by Crippen LogP contribution is -2.50. The summed E-state index contributed by atoms with van der Waals surface area (Å²) in [6.45, 7) is 3.79. The van der Waals surface area contributed by atoms with Gasteiger partial charge in [0.1, 0.15) is 6.04 Å². The summed E-state index contributed by atoms with van der Waals surface area (Å²) >= 11 is 0. The van der Waals surface area contributed by atoms with Crippen molar-refractivity contribution < 1.29 is 9.59 Å². The molecule has 7 heteroatoms. The molecule has 25 heavy (non-hydrogen) atoms. The summed E-state index contributed by atoms with van der Waals surface area (Å²) < 4.78 is 0. The Morgan fingerprint density at radius 2 is 1.92 bits per heavy atom. The van der Waals surface area contributed by atoms with E-state index in [-0.39, 0.29) is 35.8 Å². The zero-order valence-corrected chi connectivity index (χ0v) is 14.3. The maximum absolute atomic E-state index is 12.4. The van der Waals surface area contributed by atoms with Crippen molar-refractivity contribution in [2.45, 2.75) is 45.2 Å². The maximum atomic E-state index is 12.4. The van der Waals surface area contributed by atoms with Crippen molar-refractivity contribution in [3.8, 4) is 0 Å². The minimum Gasteiger partial charge on any atom is -0.352 e. The number of aromatic nitrogens is 2. The number of benzene rings is 1. The number of rotatable bonds is 6.